The maximum absolute atomic E-state index is 12.1. The molecule has 0 fully saturated rings. The number of hydrogen-bond donors (Lipinski definition) is 1. The Morgan fingerprint density at radius 1 is 1.20 bits per heavy atom. The molecule has 5 heteroatoms. The number of amides is 1. The first-order chi connectivity index (χ1) is 12.1. The van der Waals surface area contributed by atoms with Crippen LogP contribution in [0, 0.1) is 0 Å². The van der Waals surface area contributed by atoms with Crippen molar-refractivity contribution in [1.29, 1.82) is 0 Å². The molecule has 0 saturated heterocycles. The molecule has 0 spiro atoms. The SMILES string of the molecule is CC(NC(=O)CCc1ncc(-c2ccccc2)o1)c1cccc(Cl)c1. The van der Waals surface area contributed by atoms with E-state index in [1.165, 1.54) is 0 Å². The maximum Gasteiger partial charge on any atom is 0.220 e. The molecule has 0 aliphatic carbocycles. The highest BCUT2D eigenvalue weighted by Crippen LogP contribution is 2.21. The van der Waals surface area contributed by atoms with Crippen molar-refractivity contribution < 1.29 is 9.21 Å². The van der Waals surface area contributed by atoms with E-state index in [-0.39, 0.29) is 11.9 Å². The molecule has 128 valence electrons. The summed E-state index contributed by atoms with van der Waals surface area (Å²) in [6, 6.07) is 17.1. The van der Waals surface area contributed by atoms with E-state index in [1.807, 2.05) is 61.5 Å². The molecular formula is C20H19ClN2O2. The minimum absolute atomic E-state index is 0.0491. The van der Waals surface area contributed by atoms with Crippen LogP contribution in [0.15, 0.2) is 65.2 Å². The van der Waals surface area contributed by atoms with Gasteiger partial charge in [0.2, 0.25) is 5.91 Å². The molecule has 3 aromatic rings. The number of benzene rings is 2. The van der Waals surface area contributed by atoms with Crippen LogP contribution in [0.3, 0.4) is 0 Å². The highest BCUT2D eigenvalue weighted by atomic mass is 35.5. The fourth-order valence-electron chi connectivity index (χ4n) is 2.56. The van der Waals surface area contributed by atoms with Gasteiger partial charge in [-0.25, -0.2) is 4.98 Å². The van der Waals surface area contributed by atoms with Crippen molar-refractivity contribution in [2.45, 2.75) is 25.8 Å². The van der Waals surface area contributed by atoms with E-state index in [1.54, 1.807) is 6.20 Å². The Morgan fingerprint density at radius 2 is 2.00 bits per heavy atom. The fourth-order valence-corrected chi connectivity index (χ4v) is 2.75. The van der Waals surface area contributed by atoms with Crippen LogP contribution in [-0.4, -0.2) is 10.9 Å². The summed E-state index contributed by atoms with van der Waals surface area (Å²) < 4.78 is 5.72. The van der Waals surface area contributed by atoms with Gasteiger partial charge >= 0.3 is 0 Å². The summed E-state index contributed by atoms with van der Waals surface area (Å²) in [6.07, 6.45) is 2.47. The third-order valence-corrected chi connectivity index (χ3v) is 4.14. The molecule has 1 amide bonds. The molecule has 0 aliphatic rings. The van der Waals surface area contributed by atoms with E-state index in [2.05, 4.69) is 10.3 Å². The van der Waals surface area contributed by atoms with Gasteiger partial charge in [-0.1, -0.05) is 54.1 Å². The summed E-state index contributed by atoms with van der Waals surface area (Å²) in [5.74, 6) is 1.22. The zero-order chi connectivity index (χ0) is 17.6. The van der Waals surface area contributed by atoms with Gasteiger partial charge in [0.25, 0.3) is 0 Å². The Labute approximate surface area is 151 Å². The van der Waals surface area contributed by atoms with Gasteiger partial charge in [-0.3, -0.25) is 4.79 Å². The van der Waals surface area contributed by atoms with E-state index in [4.69, 9.17) is 16.0 Å². The molecule has 0 saturated carbocycles. The first-order valence-corrected chi connectivity index (χ1v) is 8.54. The second kappa shape index (κ2) is 7.99. The van der Waals surface area contributed by atoms with Crippen molar-refractivity contribution in [3.05, 3.63) is 77.3 Å². The molecule has 2 aromatic carbocycles. The lowest BCUT2D eigenvalue weighted by atomic mass is 10.1. The van der Waals surface area contributed by atoms with Gasteiger partial charge in [0, 0.05) is 23.4 Å². The minimum atomic E-state index is -0.101. The summed E-state index contributed by atoms with van der Waals surface area (Å²) in [6.45, 7) is 1.93. The van der Waals surface area contributed by atoms with Crippen molar-refractivity contribution in [3.63, 3.8) is 0 Å². The number of rotatable bonds is 6. The topological polar surface area (TPSA) is 55.1 Å². The van der Waals surface area contributed by atoms with Crippen LogP contribution in [0.2, 0.25) is 5.02 Å². The highest BCUT2D eigenvalue weighted by Gasteiger charge is 2.12. The predicted octanol–water partition coefficient (Wildman–Crippen LogP) is 4.81. The van der Waals surface area contributed by atoms with Crippen LogP contribution in [0.5, 0.6) is 0 Å². The standard InChI is InChI=1S/C20H19ClN2O2/c1-14(16-8-5-9-17(21)12-16)23-19(24)10-11-20-22-13-18(25-20)15-6-3-2-4-7-15/h2-9,12-14H,10-11H2,1H3,(H,23,24). The van der Waals surface area contributed by atoms with Crippen molar-refractivity contribution in [1.82, 2.24) is 10.3 Å². The molecular weight excluding hydrogens is 336 g/mol. The number of nitrogens with one attached hydrogen (secondary N) is 1. The number of halogens is 1. The number of aromatic nitrogens is 1. The van der Waals surface area contributed by atoms with Gasteiger partial charge in [-0.2, -0.15) is 0 Å². The molecule has 1 aromatic heterocycles. The minimum Gasteiger partial charge on any atom is -0.441 e. The zero-order valence-electron chi connectivity index (χ0n) is 13.9. The van der Waals surface area contributed by atoms with Crippen LogP contribution < -0.4 is 5.32 Å². The average Bonchev–Trinajstić information content (AvgIpc) is 3.10. The summed E-state index contributed by atoms with van der Waals surface area (Å²) in [5.41, 5.74) is 1.95. The molecule has 0 radical (unpaired) electrons. The number of aryl methyl sites for hydroxylation is 1. The molecule has 1 N–H and O–H groups in total. The highest BCUT2D eigenvalue weighted by molar-refractivity contribution is 6.30. The Kier molecular flexibility index (Phi) is 5.51. The van der Waals surface area contributed by atoms with Crippen LogP contribution in [0.1, 0.15) is 30.8 Å². The van der Waals surface area contributed by atoms with Gasteiger partial charge in [0.1, 0.15) is 0 Å². The number of hydrogen-bond acceptors (Lipinski definition) is 3. The van der Waals surface area contributed by atoms with E-state index in [0.29, 0.717) is 29.5 Å². The Bertz CT molecular complexity index is 846. The van der Waals surface area contributed by atoms with E-state index in [0.717, 1.165) is 11.1 Å². The van der Waals surface area contributed by atoms with E-state index >= 15 is 0 Å². The van der Waals surface area contributed by atoms with Crippen LogP contribution in [0.4, 0.5) is 0 Å². The lowest BCUT2D eigenvalue weighted by Gasteiger charge is -2.14. The fraction of sp³-hybridized carbons (Fsp3) is 0.200. The molecule has 1 unspecified atom stereocenters. The first-order valence-electron chi connectivity index (χ1n) is 8.17. The second-order valence-corrected chi connectivity index (χ2v) is 6.26. The van der Waals surface area contributed by atoms with Gasteiger partial charge in [0.15, 0.2) is 11.7 Å². The van der Waals surface area contributed by atoms with Gasteiger partial charge in [0.05, 0.1) is 12.2 Å². The lowest BCUT2D eigenvalue weighted by Crippen LogP contribution is -2.26. The largest absolute Gasteiger partial charge is 0.441 e. The molecule has 4 nitrogen and oxygen atoms in total. The Hall–Kier alpha value is -2.59. The summed E-state index contributed by atoms with van der Waals surface area (Å²) in [7, 11) is 0. The molecule has 3 rings (SSSR count). The third kappa shape index (κ3) is 4.70. The van der Waals surface area contributed by atoms with Crippen molar-refractivity contribution in [2.75, 3.05) is 0 Å². The van der Waals surface area contributed by atoms with Crippen LogP contribution in [-0.2, 0) is 11.2 Å². The van der Waals surface area contributed by atoms with E-state index < -0.39 is 0 Å². The average molecular weight is 355 g/mol. The smallest absolute Gasteiger partial charge is 0.220 e. The van der Waals surface area contributed by atoms with Gasteiger partial charge < -0.3 is 9.73 Å². The molecule has 0 bridgehead atoms. The van der Waals surface area contributed by atoms with Crippen molar-refractivity contribution in [2.24, 2.45) is 0 Å². The second-order valence-electron chi connectivity index (χ2n) is 5.83. The summed E-state index contributed by atoms with van der Waals surface area (Å²) in [5, 5.41) is 3.62. The van der Waals surface area contributed by atoms with Gasteiger partial charge in [-0.05, 0) is 24.6 Å². The Morgan fingerprint density at radius 3 is 2.76 bits per heavy atom. The lowest BCUT2D eigenvalue weighted by molar-refractivity contribution is -0.121. The molecule has 0 aliphatic heterocycles. The zero-order valence-corrected chi connectivity index (χ0v) is 14.7. The summed E-state index contributed by atoms with van der Waals surface area (Å²) in [4.78, 5) is 16.4. The first kappa shape index (κ1) is 17.2. The van der Waals surface area contributed by atoms with Crippen molar-refractivity contribution in [3.8, 4) is 11.3 Å². The van der Waals surface area contributed by atoms with Crippen LogP contribution >= 0.6 is 11.6 Å². The molecule has 25 heavy (non-hydrogen) atoms. The molecule has 1 atom stereocenters. The third-order valence-electron chi connectivity index (χ3n) is 3.90. The summed E-state index contributed by atoms with van der Waals surface area (Å²) >= 11 is 5.99. The quantitative estimate of drug-likeness (QED) is 0.691. The van der Waals surface area contributed by atoms with E-state index in [9.17, 15) is 4.79 Å². The predicted molar refractivity (Wildman–Crippen MR) is 98.3 cm³/mol. The number of carbonyl (C=O) groups excluding carboxylic acids is 1. The number of nitrogens with zero attached hydrogens (tertiary/aromatic N) is 1. The normalized spacial score (nSPS) is 11.9. The van der Waals surface area contributed by atoms with Crippen LogP contribution in [0.25, 0.3) is 11.3 Å². The Balaban J connectivity index is 1.53. The number of carbonyl (C=O) groups is 1. The monoisotopic (exact) mass is 354 g/mol. The van der Waals surface area contributed by atoms with Gasteiger partial charge in [-0.15, -0.1) is 0 Å². The molecule has 1 heterocycles. The van der Waals surface area contributed by atoms with Crippen molar-refractivity contribution >= 4 is 17.5 Å². The number of oxazole rings is 1. The maximum atomic E-state index is 12.1.